The van der Waals surface area contributed by atoms with E-state index >= 15 is 0 Å². The number of hydrogen-bond donors (Lipinski definition) is 2. The van der Waals surface area contributed by atoms with E-state index in [9.17, 15) is 18.4 Å². The van der Waals surface area contributed by atoms with E-state index < -0.39 is 23.4 Å². The molecular formula is C30H34F2N4O4. The SMILES string of the molecule is CCc1cc2cc(F)ccc2n1C[C@@](C)(N)OC(=O)/C=C/C(=O)O[C@](C)(N)Cn1c(CC)cc2cc(F)ccc21. The first-order chi connectivity index (χ1) is 18.8. The molecule has 0 bridgehead atoms. The summed E-state index contributed by atoms with van der Waals surface area (Å²) in [7, 11) is 0. The Morgan fingerprint density at radius 1 is 0.750 bits per heavy atom. The first-order valence-electron chi connectivity index (χ1n) is 13.1. The molecule has 0 unspecified atom stereocenters. The van der Waals surface area contributed by atoms with Crippen molar-refractivity contribution in [1.82, 2.24) is 9.13 Å². The number of aromatic nitrogens is 2. The van der Waals surface area contributed by atoms with Crippen molar-refractivity contribution in [3.05, 3.63) is 83.7 Å². The molecule has 0 amide bonds. The minimum atomic E-state index is -1.43. The number of esters is 2. The Morgan fingerprint density at radius 2 is 1.12 bits per heavy atom. The maximum atomic E-state index is 13.7. The number of carbonyl (C=O) groups is 2. The predicted octanol–water partition coefficient (Wildman–Crippen LogP) is 4.69. The molecule has 2 aromatic carbocycles. The molecule has 0 fully saturated rings. The van der Waals surface area contributed by atoms with E-state index in [1.165, 1.54) is 24.3 Å². The first kappa shape index (κ1) is 29.0. The molecule has 0 aliphatic carbocycles. The third-order valence-corrected chi connectivity index (χ3v) is 6.59. The molecule has 212 valence electrons. The smallest absolute Gasteiger partial charge is 0.332 e. The highest BCUT2D eigenvalue weighted by Crippen LogP contribution is 2.25. The fourth-order valence-electron chi connectivity index (χ4n) is 4.91. The predicted molar refractivity (Wildman–Crippen MR) is 149 cm³/mol. The van der Waals surface area contributed by atoms with E-state index in [0.717, 1.165) is 45.3 Å². The minimum absolute atomic E-state index is 0.116. The van der Waals surface area contributed by atoms with Crippen molar-refractivity contribution >= 4 is 33.7 Å². The standard InChI is InChI=1S/C30H34F2N4O4/c1-5-23-15-19-13-21(31)7-9-25(19)35(23)17-29(3,33)39-27(37)11-12-28(38)40-30(4,34)18-36-24(6-2)16-20-14-22(32)8-10-26(20)36/h7-16H,5-6,17-18,33-34H2,1-4H3/b12-11+/t29-,30-/m0/s1. The third kappa shape index (κ3) is 6.57. The number of aryl methyl sites for hydroxylation is 2. The summed E-state index contributed by atoms with van der Waals surface area (Å²) in [6.07, 6.45) is 3.19. The van der Waals surface area contributed by atoms with Crippen LogP contribution in [-0.2, 0) is 45.0 Å². The monoisotopic (exact) mass is 552 g/mol. The number of ether oxygens (including phenoxy) is 2. The first-order valence-corrected chi connectivity index (χ1v) is 13.1. The third-order valence-electron chi connectivity index (χ3n) is 6.59. The second-order valence-electron chi connectivity index (χ2n) is 10.4. The Balaban J connectivity index is 1.40. The fourth-order valence-corrected chi connectivity index (χ4v) is 4.91. The molecule has 0 aliphatic rings. The molecule has 0 aliphatic heterocycles. The maximum absolute atomic E-state index is 13.7. The summed E-state index contributed by atoms with van der Waals surface area (Å²) in [4.78, 5) is 25.0. The lowest BCUT2D eigenvalue weighted by Gasteiger charge is -2.27. The van der Waals surface area contributed by atoms with Gasteiger partial charge in [0.2, 0.25) is 0 Å². The number of carbonyl (C=O) groups excluding carboxylic acids is 2. The lowest BCUT2D eigenvalue weighted by Crippen LogP contribution is -2.45. The van der Waals surface area contributed by atoms with Gasteiger partial charge >= 0.3 is 11.9 Å². The van der Waals surface area contributed by atoms with Crippen molar-refractivity contribution in [3.8, 4) is 0 Å². The average molecular weight is 553 g/mol. The maximum Gasteiger partial charge on any atom is 0.332 e. The van der Waals surface area contributed by atoms with Crippen molar-refractivity contribution in [3.63, 3.8) is 0 Å². The van der Waals surface area contributed by atoms with Crippen LogP contribution in [0.3, 0.4) is 0 Å². The minimum Gasteiger partial charge on any atom is -0.439 e. The summed E-state index contributed by atoms with van der Waals surface area (Å²) in [5, 5.41) is 1.44. The second kappa shape index (κ2) is 11.2. The molecule has 2 atom stereocenters. The Bertz CT molecular complexity index is 1480. The molecule has 0 saturated heterocycles. The number of benzene rings is 2. The number of fused-ring (bicyclic) bond motifs is 2. The zero-order valence-corrected chi connectivity index (χ0v) is 23.0. The fraction of sp³-hybridized carbons (Fsp3) is 0.333. The number of nitrogens with two attached hydrogens (primary N) is 2. The van der Waals surface area contributed by atoms with Gasteiger partial charge in [0.1, 0.15) is 11.6 Å². The summed E-state index contributed by atoms with van der Waals surface area (Å²) >= 11 is 0. The Kier molecular flexibility index (Phi) is 8.13. The van der Waals surface area contributed by atoms with Gasteiger partial charge in [0.05, 0.1) is 13.1 Å². The van der Waals surface area contributed by atoms with Crippen LogP contribution in [0.1, 0.15) is 39.1 Å². The summed E-state index contributed by atoms with van der Waals surface area (Å²) < 4.78 is 42.0. The van der Waals surface area contributed by atoms with Gasteiger partial charge in [-0.2, -0.15) is 0 Å². The molecule has 4 N–H and O–H groups in total. The van der Waals surface area contributed by atoms with Crippen LogP contribution in [-0.4, -0.2) is 32.5 Å². The van der Waals surface area contributed by atoms with Gasteiger partial charge in [-0.25, -0.2) is 18.4 Å². The van der Waals surface area contributed by atoms with E-state index in [2.05, 4.69) is 0 Å². The Labute approximate surface area is 231 Å². The highest BCUT2D eigenvalue weighted by Gasteiger charge is 2.27. The van der Waals surface area contributed by atoms with Gasteiger partial charge in [0, 0.05) is 45.3 Å². The Morgan fingerprint density at radius 3 is 1.48 bits per heavy atom. The summed E-state index contributed by atoms with van der Waals surface area (Å²) in [6.45, 7) is 7.24. The number of nitrogens with zero attached hydrogens (tertiary/aromatic N) is 2. The molecular weight excluding hydrogens is 518 g/mol. The molecule has 2 heterocycles. The zero-order chi connectivity index (χ0) is 29.2. The summed E-state index contributed by atoms with van der Waals surface area (Å²) in [5.41, 5.74) is 13.1. The van der Waals surface area contributed by atoms with E-state index in [-0.39, 0.29) is 24.7 Å². The van der Waals surface area contributed by atoms with E-state index in [4.69, 9.17) is 20.9 Å². The molecule has 8 nitrogen and oxygen atoms in total. The van der Waals surface area contributed by atoms with Crippen LogP contribution in [0.4, 0.5) is 8.78 Å². The Hall–Kier alpha value is -4.02. The normalized spacial score (nSPS) is 14.9. The van der Waals surface area contributed by atoms with Crippen LogP contribution >= 0.6 is 0 Å². The van der Waals surface area contributed by atoms with Gasteiger partial charge in [-0.15, -0.1) is 0 Å². The van der Waals surface area contributed by atoms with Crippen molar-refractivity contribution < 1.29 is 27.8 Å². The quantitative estimate of drug-likeness (QED) is 0.168. The van der Waals surface area contributed by atoms with Gasteiger partial charge in [-0.1, -0.05) is 13.8 Å². The van der Waals surface area contributed by atoms with E-state index in [0.29, 0.717) is 12.8 Å². The van der Waals surface area contributed by atoms with Gasteiger partial charge in [-0.05, 0) is 75.2 Å². The van der Waals surface area contributed by atoms with Gasteiger partial charge in [0.25, 0.3) is 0 Å². The lowest BCUT2D eigenvalue weighted by molar-refractivity contribution is -0.155. The van der Waals surface area contributed by atoms with Crippen LogP contribution in [0.15, 0.2) is 60.7 Å². The van der Waals surface area contributed by atoms with Crippen LogP contribution < -0.4 is 11.5 Å². The van der Waals surface area contributed by atoms with Gasteiger partial charge < -0.3 is 18.6 Å². The van der Waals surface area contributed by atoms with Crippen LogP contribution in [0.5, 0.6) is 0 Å². The second-order valence-corrected chi connectivity index (χ2v) is 10.4. The highest BCUT2D eigenvalue weighted by atomic mass is 19.1. The summed E-state index contributed by atoms with van der Waals surface area (Å²) in [5.74, 6) is -2.37. The molecule has 10 heteroatoms. The molecule has 0 saturated carbocycles. The average Bonchev–Trinajstić information content (AvgIpc) is 3.37. The largest absolute Gasteiger partial charge is 0.439 e. The number of halogens is 2. The van der Waals surface area contributed by atoms with Crippen LogP contribution in [0.25, 0.3) is 21.8 Å². The topological polar surface area (TPSA) is 114 Å². The van der Waals surface area contributed by atoms with Crippen molar-refractivity contribution in [1.29, 1.82) is 0 Å². The van der Waals surface area contributed by atoms with Crippen LogP contribution in [0.2, 0.25) is 0 Å². The summed E-state index contributed by atoms with van der Waals surface area (Å²) in [6, 6.07) is 12.6. The highest BCUT2D eigenvalue weighted by molar-refractivity contribution is 5.92. The number of rotatable bonds is 10. The van der Waals surface area contributed by atoms with E-state index in [1.807, 2.05) is 35.1 Å². The van der Waals surface area contributed by atoms with Crippen molar-refractivity contribution in [2.24, 2.45) is 11.5 Å². The van der Waals surface area contributed by atoms with Gasteiger partial charge in [-0.3, -0.25) is 11.5 Å². The molecule has 0 spiro atoms. The van der Waals surface area contributed by atoms with E-state index in [1.54, 1.807) is 26.0 Å². The van der Waals surface area contributed by atoms with Crippen molar-refractivity contribution in [2.45, 2.75) is 65.1 Å². The molecule has 40 heavy (non-hydrogen) atoms. The molecule has 4 aromatic rings. The van der Waals surface area contributed by atoms with Gasteiger partial charge in [0.15, 0.2) is 11.4 Å². The zero-order valence-electron chi connectivity index (χ0n) is 23.0. The molecule has 4 rings (SSSR count). The number of hydrogen-bond acceptors (Lipinski definition) is 6. The van der Waals surface area contributed by atoms with Crippen molar-refractivity contribution in [2.75, 3.05) is 0 Å². The molecule has 0 radical (unpaired) electrons. The molecule has 2 aromatic heterocycles. The van der Waals surface area contributed by atoms with Crippen LogP contribution in [0, 0.1) is 11.6 Å². The lowest BCUT2D eigenvalue weighted by atomic mass is 10.2.